The lowest BCUT2D eigenvalue weighted by molar-refractivity contribution is 0.777. The molecule has 2 rings (SSSR count). The Balaban J connectivity index is 2.40. The lowest BCUT2D eigenvalue weighted by Gasteiger charge is -2.25. The Labute approximate surface area is 128 Å². The van der Waals surface area contributed by atoms with Crippen LogP contribution < -0.4 is 10.2 Å². The first kappa shape index (κ1) is 14.8. The van der Waals surface area contributed by atoms with Gasteiger partial charge in [-0.1, -0.05) is 31.5 Å². The van der Waals surface area contributed by atoms with Crippen molar-refractivity contribution in [3.63, 3.8) is 0 Å². The molecule has 0 saturated heterocycles. The van der Waals surface area contributed by atoms with Crippen molar-refractivity contribution < 1.29 is 0 Å². The minimum Gasteiger partial charge on any atom is -0.357 e. The van der Waals surface area contributed by atoms with E-state index >= 15 is 0 Å². The Hall–Kier alpha value is -1.62. The van der Waals surface area contributed by atoms with Crippen LogP contribution in [0.25, 0.3) is 0 Å². The molecule has 1 N–H and O–H groups in total. The maximum atomic E-state index is 4.58. The van der Waals surface area contributed by atoms with E-state index in [4.69, 9.17) is 0 Å². The second-order valence-electron chi connectivity index (χ2n) is 4.46. The molecule has 0 aliphatic carbocycles. The van der Waals surface area contributed by atoms with Crippen molar-refractivity contribution >= 4 is 33.4 Å². The van der Waals surface area contributed by atoms with Gasteiger partial charge in [0.1, 0.15) is 0 Å². The molecule has 20 heavy (non-hydrogen) atoms. The van der Waals surface area contributed by atoms with Crippen molar-refractivity contribution in [1.29, 1.82) is 0 Å². The molecule has 1 aromatic heterocycles. The third-order valence-corrected chi connectivity index (χ3v) is 3.57. The van der Waals surface area contributed by atoms with E-state index < -0.39 is 0 Å². The molecule has 0 fully saturated rings. The molecule has 0 radical (unpaired) electrons. The van der Waals surface area contributed by atoms with Crippen LogP contribution in [0.4, 0.5) is 17.5 Å². The molecule has 4 nitrogen and oxygen atoms in total. The molecule has 0 bridgehead atoms. The number of unbranched alkanes of at least 4 members (excludes halogenated alkanes) is 1. The molecular formula is C15H19BrN4. The molecule has 0 spiro atoms. The summed E-state index contributed by atoms with van der Waals surface area (Å²) >= 11 is 3.56. The van der Waals surface area contributed by atoms with E-state index in [1.807, 2.05) is 25.2 Å². The van der Waals surface area contributed by atoms with Crippen LogP contribution in [0.3, 0.4) is 0 Å². The normalized spacial score (nSPS) is 10.3. The van der Waals surface area contributed by atoms with Crippen molar-refractivity contribution in [2.75, 3.05) is 23.8 Å². The summed E-state index contributed by atoms with van der Waals surface area (Å²) in [7, 11) is 1.83. The van der Waals surface area contributed by atoms with Crippen LogP contribution in [0.1, 0.15) is 19.8 Å². The minimum atomic E-state index is 0.626. The van der Waals surface area contributed by atoms with Gasteiger partial charge in [0.25, 0.3) is 0 Å². The van der Waals surface area contributed by atoms with Crippen molar-refractivity contribution in [2.45, 2.75) is 19.8 Å². The summed E-state index contributed by atoms with van der Waals surface area (Å²) in [5.74, 6) is 1.52. The van der Waals surface area contributed by atoms with Crippen molar-refractivity contribution in [1.82, 2.24) is 9.97 Å². The molecule has 0 saturated carbocycles. The molecule has 0 amide bonds. The van der Waals surface area contributed by atoms with E-state index in [2.05, 4.69) is 55.2 Å². The number of nitrogens with zero attached hydrogens (tertiary/aromatic N) is 3. The van der Waals surface area contributed by atoms with Gasteiger partial charge in [0.05, 0.1) is 4.47 Å². The molecule has 5 heteroatoms. The fourth-order valence-electron chi connectivity index (χ4n) is 1.95. The number of hydrogen-bond donors (Lipinski definition) is 1. The first-order valence-electron chi connectivity index (χ1n) is 6.79. The van der Waals surface area contributed by atoms with E-state index in [1.54, 1.807) is 6.20 Å². The molecule has 106 valence electrons. The Bertz CT molecular complexity index is 545. The van der Waals surface area contributed by atoms with E-state index in [-0.39, 0.29) is 0 Å². The molecular weight excluding hydrogens is 316 g/mol. The van der Waals surface area contributed by atoms with Gasteiger partial charge >= 0.3 is 0 Å². The zero-order chi connectivity index (χ0) is 14.4. The first-order valence-corrected chi connectivity index (χ1v) is 7.58. The monoisotopic (exact) mass is 334 g/mol. The lowest BCUT2D eigenvalue weighted by Crippen LogP contribution is -2.20. The van der Waals surface area contributed by atoms with Crippen LogP contribution in [0.5, 0.6) is 0 Å². The SMILES string of the molecule is CCCCN(c1ccccc1)c1nc(NC)ncc1Br. The summed E-state index contributed by atoms with van der Waals surface area (Å²) in [5, 5.41) is 2.99. The van der Waals surface area contributed by atoms with Gasteiger partial charge in [0, 0.05) is 25.5 Å². The van der Waals surface area contributed by atoms with Gasteiger partial charge in [-0.3, -0.25) is 0 Å². The highest BCUT2D eigenvalue weighted by atomic mass is 79.9. The third kappa shape index (κ3) is 3.48. The molecule has 2 aromatic rings. The first-order chi connectivity index (χ1) is 9.76. The van der Waals surface area contributed by atoms with E-state index in [0.717, 1.165) is 35.4 Å². The van der Waals surface area contributed by atoms with Gasteiger partial charge in [-0.15, -0.1) is 0 Å². The van der Waals surface area contributed by atoms with Crippen molar-refractivity contribution in [3.8, 4) is 0 Å². The highest BCUT2D eigenvalue weighted by molar-refractivity contribution is 9.10. The smallest absolute Gasteiger partial charge is 0.224 e. The van der Waals surface area contributed by atoms with Gasteiger partial charge in [-0.25, -0.2) is 4.98 Å². The minimum absolute atomic E-state index is 0.626. The van der Waals surface area contributed by atoms with Crippen LogP contribution in [-0.2, 0) is 0 Å². The summed E-state index contributed by atoms with van der Waals surface area (Å²) in [4.78, 5) is 11.0. The number of para-hydroxylation sites is 1. The van der Waals surface area contributed by atoms with Crippen LogP contribution >= 0.6 is 15.9 Å². The van der Waals surface area contributed by atoms with E-state index in [0.29, 0.717) is 5.95 Å². The summed E-state index contributed by atoms with van der Waals surface area (Å²) in [6, 6.07) is 10.3. The molecule has 1 heterocycles. The Morgan fingerprint density at radius 1 is 1.25 bits per heavy atom. The summed E-state index contributed by atoms with van der Waals surface area (Å²) in [6.45, 7) is 3.12. The van der Waals surface area contributed by atoms with Crippen LogP contribution in [-0.4, -0.2) is 23.6 Å². The van der Waals surface area contributed by atoms with Gasteiger partial charge in [-0.2, -0.15) is 4.98 Å². The quantitative estimate of drug-likeness (QED) is 0.858. The van der Waals surface area contributed by atoms with Gasteiger partial charge < -0.3 is 10.2 Å². The molecule has 0 aliphatic heterocycles. The average Bonchev–Trinajstić information content (AvgIpc) is 2.50. The zero-order valence-electron chi connectivity index (χ0n) is 11.8. The molecule has 0 unspecified atom stereocenters. The highest BCUT2D eigenvalue weighted by Gasteiger charge is 2.14. The summed E-state index contributed by atoms with van der Waals surface area (Å²) < 4.78 is 0.899. The Kier molecular flexibility index (Phi) is 5.35. The van der Waals surface area contributed by atoms with Crippen LogP contribution in [0.2, 0.25) is 0 Å². The van der Waals surface area contributed by atoms with Crippen molar-refractivity contribution in [2.24, 2.45) is 0 Å². The maximum absolute atomic E-state index is 4.58. The fraction of sp³-hybridized carbons (Fsp3) is 0.333. The summed E-state index contributed by atoms with van der Waals surface area (Å²) in [6.07, 6.45) is 4.04. The number of nitrogens with one attached hydrogen (secondary N) is 1. The standard InChI is InChI=1S/C15H19BrN4/c1-3-4-10-20(12-8-6-5-7-9-12)14-13(16)11-18-15(17-2)19-14/h5-9,11H,3-4,10H2,1-2H3,(H,17,18,19). The summed E-state index contributed by atoms with van der Waals surface area (Å²) in [5.41, 5.74) is 1.14. The van der Waals surface area contributed by atoms with Crippen LogP contribution in [0, 0.1) is 0 Å². The Morgan fingerprint density at radius 3 is 2.65 bits per heavy atom. The van der Waals surface area contributed by atoms with Gasteiger partial charge in [0.15, 0.2) is 5.82 Å². The predicted molar refractivity (Wildman–Crippen MR) is 87.6 cm³/mol. The number of rotatable bonds is 6. The second-order valence-corrected chi connectivity index (χ2v) is 5.31. The fourth-order valence-corrected chi connectivity index (χ4v) is 2.35. The topological polar surface area (TPSA) is 41.1 Å². The van der Waals surface area contributed by atoms with E-state index in [1.165, 1.54) is 0 Å². The molecule has 0 atom stereocenters. The maximum Gasteiger partial charge on any atom is 0.224 e. The Morgan fingerprint density at radius 2 is 2.00 bits per heavy atom. The largest absolute Gasteiger partial charge is 0.357 e. The number of anilines is 3. The highest BCUT2D eigenvalue weighted by Crippen LogP contribution is 2.30. The average molecular weight is 335 g/mol. The number of halogens is 1. The third-order valence-electron chi connectivity index (χ3n) is 3.01. The number of benzene rings is 1. The number of hydrogen-bond acceptors (Lipinski definition) is 4. The van der Waals surface area contributed by atoms with Crippen LogP contribution in [0.15, 0.2) is 41.0 Å². The van der Waals surface area contributed by atoms with Crippen molar-refractivity contribution in [3.05, 3.63) is 41.0 Å². The lowest BCUT2D eigenvalue weighted by atomic mass is 10.2. The predicted octanol–water partition coefficient (Wildman–Crippen LogP) is 4.22. The molecule has 0 aliphatic rings. The molecule has 1 aromatic carbocycles. The zero-order valence-corrected chi connectivity index (χ0v) is 13.4. The van der Waals surface area contributed by atoms with E-state index in [9.17, 15) is 0 Å². The van der Waals surface area contributed by atoms with Gasteiger partial charge in [-0.05, 0) is 34.5 Å². The second kappa shape index (κ2) is 7.24. The number of aromatic nitrogens is 2. The van der Waals surface area contributed by atoms with Gasteiger partial charge in [0.2, 0.25) is 5.95 Å².